The van der Waals surface area contributed by atoms with Gasteiger partial charge in [0.05, 0.1) is 6.67 Å². The van der Waals surface area contributed by atoms with Crippen LogP contribution in [0.5, 0.6) is 0 Å². The van der Waals surface area contributed by atoms with Crippen molar-refractivity contribution in [1.29, 1.82) is 0 Å². The van der Waals surface area contributed by atoms with Gasteiger partial charge < -0.3 is 10.3 Å². The summed E-state index contributed by atoms with van der Waals surface area (Å²) in [6, 6.07) is 1.24. The van der Waals surface area contributed by atoms with Gasteiger partial charge in [0.2, 0.25) is 0 Å². The third-order valence-corrected chi connectivity index (χ3v) is 6.45. The Morgan fingerprint density at radius 3 is 2.82 bits per heavy atom. The van der Waals surface area contributed by atoms with Gasteiger partial charge in [0.25, 0.3) is 0 Å². The van der Waals surface area contributed by atoms with Crippen molar-refractivity contribution in [1.82, 2.24) is 20.3 Å². The minimum absolute atomic E-state index is 0.606. The van der Waals surface area contributed by atoms with Crippen LogP contribution in [0.1, 0.15) is 44.9 Å². The molecule has 2 heterocycles. The van der Waals surface area contributed by atoms with Crippen molar-refractivity contribution >= 4 is 0 Å². The molecular formula is C17H31N5. The maximum absolute atomic E-state index is 6.26. The van der Waals surface area contributed by atoms with Crippen LogP contribution in [0, 0.1) is 11.8 Å². The molecule has 0 aromatic rings. The van der Waals surface area contributed by atoms with E-state index in [4.69, 9.17) is 5.84 Å². The number of likely N-dealkylation sites (N-methyl/N-ethyl adjacent to an activating group) is 1. The second-order valence-electron chi connectivity index (χ2n) is 7.66. The number of hydrogen-bond donors (Lipinski definition) is 2. The van der Waals surface area contributed by atoms with Crippen molar-refractivity contribution < 1.29 is 0 Å². The first-order chi connectivity index (χ1) is 10.8. The maximum atomic E-state index is 6.26. The second kappa shape index (κ2) is 6.11. The lowest BCUT2D eigenvalue weighted by atomic mass is 9.66. The third kappa shape index (κ3) is 2.58. The van der Waals surface area contributed by atoms with Gasteiger partial charge in [-0.25, -0.2) is 15.9 Å². The molecule has 3 N–H and O–H groups in total. The monoisotopic (exact) mass is 305 g/mol. The molecule has 5 nitrogen and oxygen atoms in total. The van der Waals surface area contributed by atoms with Gasteiger partial charge in [-0.05, 0) is 56.6 Å². The van der Waals surface area contributed by atoms with Crippen molar-refractivity contribution in [3.63, 3.8) is 0 Å². The standard InChI is InChI=1S/C17H31N5/c1-19-14-8-9-21(10-14)22-12-20(18)11-16-15-5-3-2-4-13(15)6-7-17(16)22/h11,13-15,17,19H,2-10,12,18H2,1H3/t13-,14-,15-,17?/m1/s1. The van der Waals surface area contributed by atoms with Gasteiger partial charge >= 0.3 is 0 Å². The number of nitrogens with two attached hydrogens (primary N) is 1. The van der Waals surface area contributed by atoms with Crippen molar-refractivity contribution in [3.8, 4) is 0 Å². The lowest BCUT2D eigenvalue weighted by Gasteiger charge is -2.51. The molecule has 5 heteroatoms. The fourth-order valence-corrected chi connectivity index (χ4v) is 5.28. The highest BCUT2D eigenvalue weighted by atomic mass is 15.7. The van der Waals surface area contributed by atoms with Gasteiger partial charge in [0.15, 0.2) is 0 Å². The summed E-state index contributed by atoms with van der Waals surface area (Å²) in [5, 5.41) is 10.5. The van der Waals surface area contributed by atoms with Crippen LogP contribution in [0.25, 0.3) is 0 Å². The van der Waals surface area contributed by atoms with Gasteiger partial charge in [-0.15, -0.1) is 0 Å². The second-order valence-corrected chi connectivity index (χ2v) is 7.66. The Morgan fingerprint density at radius 2 is 2.00 bits per heavy atom. The highest BCUT2D eigenvalue weighted by molar-refractivity contribution is 5.21. The number of hydrogen-bond acceptors (Lipinski definition) is 5. The molecule has 124 valence electrons. The largest absolute Gasteiger partial charge is 0.316 e. The molecule has 4 aliphatic rings. The lowest BCUT2D eigenvalue weighted by Crippen LogP contribution is -2.59. The van der Waals surface area contributed by atoms with E-state index in [0.29, 0.717) is 12.1 Å². The van der Waals surface area contributed by atoms with Gasteiger partial charge in [-0.1, -0.05) is 12.8 Å². The number of rotatable bonds is 2. The summed E-state index contributed by atoms with van der Waals surface area (Å²) in [5.41, 5.74) is 1.64. The Kier molecular flexibility index (Phi) is 4.15. The normalized spacial score (nSPS) is 40.3. The zero-order valence-corrected chi connectivity index (χ0v) is 13.9. The quantitative estimate of drug-likeness (QED) is 0.757. The Hall–Kier alpha value is -0.620. The van der Waals surface area contributed by atoms with E-state index in [9.17, 15) is 0 Å². The Labute approximate surface area is 134 Å². The van der Waals surface area contributed by atoms with Crippen LogP contribution < -0.4 is 11.2 Å². The van der Waals surface area contributed by atoms with Gasteiger partial charge in [-0.2, -0.15) is 0 Å². The van der Waals surface area contributed by atoms with Crippen LogP contribution in [0.4, 0.5) is 0 Å². The molecule has 3 fully saturated rings. The van der Waals surface area contributed by atoms with Crippen molar-refractivity contribution in [2.75, 3.05) is 26.8 Å². The van der Waals surface area contributed by atoms with Crippen LogP contribution in [0.15, 0.2) is 11.8 Å². The van der Waals surface area contributed by atoms with Crippen LogP contribution in [-0.4, -0.2) is 53.9 Å². The zero-order chi connectivity index (χ0) is 15.1. The first-order valence-electron chi connectivity index (χ1n) is 9.18. The lowest BCUT2D eigenvalue weighted by molar-refractivity contribution is -0.0883. The molecule has 1 unspecified atom stereocenters. The van der Waals surface area contributed by atoms with E-state index in [0.717, 1.165) is 31.6 Å². The number of nitrogens with one attached hydrogen (secondary N) is 1. The van der Waals surface area contributed by atoms with Crippen molar-refractivity contribution in [3.05, 3.63) is 11.8 Å². The fourth-order valence-electron chi connectivity index (χ4n) is 5.28. The summed E-state index contributed by atoms with van der Waals surface area (Å²) >= 11 is 0. The molecule has 0 spiro atoms. The fraction of sp³-hybridized carbons (Fsp3) is 0.882. The van der Waals surface area contributed by atoms with Gasteiger partial charge in [0.1, 0.15) is 0 Å². The Bertz CT molecular complexity index is 437. The third-order valence-electron chi connectivity index (χ3n) is 6.45. The van der Waals surface area contributed by atoms with Crippen LogP contribution >= 0.6 is 0 Å². The first-order valence-corrected chi connectivity index (χ1v) is 9.18. The number of nitrogens with zero attached hydrogens (tertiary/aromatic N) is 3. The average molecular weight is 305 g/mol. The molecular weight excluding hydrogens is 274 g/mol. The minimum Gasteiger partial charge on any atom is -0.316 e. The molecule has 22 heavy (non-hydrogen) atoms. The maximum Gasteiger partial charge on any atom is 0.0992 e. The molecule has 0 aromatic carbocycles. The summed E-state index contributed by atoms with van der Waals surface area (Å²) in [5.74, 6) is 7.98. The number of hydrazine groups is 2. The molecule has 4 atom stereocenters. The summed E-state index contributed by atoms with van der Waals surface area (Å²) in [6.45, 7) is 3.14. The van der Waals surface area contributed by atoms with E-state index in [-0.39, 0.29) is 0 Å². The first kappa shape index (κ1) is 14.9. The van der Waals surface area contributed by atoms with E-state index >= 15 is 0 Å². The Balaban J connectivity index is 1.55. The summed E-state index contributed by atoms with van der Waals surface area (Å²) in [4.78, 5) is 0. The van der Waals surface area contributed by atoms with E-state index in [1.54, 1.807) is 5.57 Å². The van der Waals surface area contributed by atoms with Crippen LogP contribution in [0.3, 0.4) is 0 Å². The SMILES string of the molecule is CN[C@@H]1CCN(N2CN(N)C=C3C2CC[C@H]2CCCC[C@@H]32)C1. The predicted octanol–water partition coefficient (Wildman–Crippen LogP) is 1.50. The van der Waals surface area contributed by atoms with Crippen molar-refractivity contribution in [2.24, 2.45) is 17.7 Å². The van der Waals surface area contributed by atoms with Gasteiger partial charge in [-0.3, -0.25) is 0 Å². The molecule has 2 aliphatic heterocycles. The molecule has 0 bridgehead atoms. The topological polar surface area (TPSA) is 47.8 Å². The smallest absolute Gasteiger partial charge is 0.0992 e. The number of fused-ring (bicyclic) bond motifs is 3. The van der Waals surface area contributed by atoms with Crippen LogP contribution in [0.2, 0.25) is 0 Å². The molecule has 2 aliphatic carbocycles. The molecule has 0 radical (unpaired) electrons. The van der Waals surface area contributed by atoms with Crippen LogP contribution in [-0.2, 0) is 0 Å². The highest BCUT2D eigenvalue weighted by Crippen LogP contribution is 2.46. The predicted molar refractivity (Wildman–Crippen MR) is 88.3 cm³/mol. The molecule has 2 saturated carbocycles. The summed E-state index contributed by atoms with van der Waals surface area (Å²) in [6.07, 6.45) is 11.9. The molecule has 0 amide bonds. The molecule has 1 saturated heterocycles. The Morgan fingerprint density at radius 1 is 1.14 bits per heavy atom. The summed E-state index contributed by atoms with van der Waals surface area (Å²) in [7, 11) is 2.08. The van der Waals surface area contributed by atoms with E-state index in [1.165, 1.54) is 44.9 Å². The van der Waals surface area contributed by atoms with Gasteiger partial charge in [0, 0.05) is 31.4 Å². The average Bonchev–Trinajstić information content (AvgIpc) is 3.03. The minimum atomic E-state index is 0.606. The molecule has 4 rings (SSSR count). The molecule has 0 aromatic heterocycles. The highest BCUT2D eigenvalue weighted by Gasteiger charge is 2.43. The van der Waals surface area contributed by atoms with Crippen molar-refractivity contribution in [2.45, 2.75) is 57.0 Å². The zero-order valence-electron chi connectivity index (χ0n) is 13.9. The summed E-state index contributed by atoms with van der Waals surface area (Å²) < 4.78 is 0. The van der Waals surface area contributed by atoms with E-state index in [2.05, 4.69) is 28.6 Å². The van der Waals surface area contributed by atoms with E-state index < -0.39 is 0 Å². The van der Waals surface area contributed by atoms with E-state index in [1.807, 2.05) is 5.01 Å².